The summed E-state index contributed by atoms with van der Waals surface area (Å²) in [6.45, 7) is 2.97. The lowest BCUT2D eigenvalue weighted by Gasteiger charge is -2.34. The van der Waals surface area contributed by atoms with E-state index in [4.69, 9.17) is 4.74 Å². The van der Waals surface area contributed by atoms with Gasteiger partial charge in [0.2, 0.25) is 0 Å². The first-order chi connectivity index (χ1) is 7.19. The lowest BCUT2D eigenvalue weighted by atomic mass is 9.89. The van der Waals surface area contributed by atoms with E-state index in [9.17, 15) is 0 Å². The van der Waals surface area contributed by atoms with Crippen LogP contribution in [0.15, 0.2) is 6.20 Å². The lowest BCUT2D eigenvalue weighted by Crippen LogP contribution is -2.44. The second-order valence-electron chi connectivity index (χ2n) is 4.32. The molecule has 0 atom stereocenters. The number of hydrogen-bond acceptors (Lipinski definition) is 3. The summed E-state index contributed by atoms with van der Waals surface area (Å²) in [5, 5.41) is 7.84. The van der Waals surface area contributed by atoms with Crippen molar-refractivity contribution in [1.82, 2.24) is 15.1 Å². The maximum Gasteiger partial charge on any atom is 0.0638 e. The van der Waals surface area contributed by atoms with E-state index < -0.39 is 0 Å². The Hall–Kier alpha value is -0.870. The average molecular weight is 209 g/mol. The van der Waals surface area contributed by atoms with Gasteiger partial charge in [0.1, 0.15) is 0 Å². The minimum Gasteiger partial charge on any atom is -0.381 e. The maximum atomic E-state index is 5.24. The Bertz CT molecular complexity index is 329. The van der Waals surface area contributed by atoms with Gasteiger partial charge in [-0.15, -0.1) is 0 Å². The third kappa shape index (κ3) is 2.38. The number of nitrogens with one attached hydrogen (secondary N) is 1. The highest BCUT2D eigenvalue weighted by molar-refractivity contribution is 5.15. The Kier molecular flexibility index (Phi) is 3.07. The quantitative estimate of drug-likeness (QED) is 0.804. The van der Waals surface area contributed by atoms with E-state index in [1.807, 2.05) is 11.7 Å². The van der Waals surface area contributed by atoms with Gasteiger partial charge in [-0.3, -0.25) is 4.68 Å². The molecule has 0 saturated heterocycles. The number of aromatic nitrogens is 2. The molecule has 0 amide bonds. The van der Waals surface area contributed by atoms with Gasteiger partial charge >= 0.3 is 0 Å². The Morgan fingerprint density at radius 1 is 1.60 bits per heavy atom. The van der Waals surface area contributed by atoms with Gasteiger partial charge in [-0.1, -0.05) is 0 Å². The van der Waals surface area contributed by atoms with Crippen LogP contribution < -0.4 is 5.32 Å². The molecule has 15 heavy (non-hydrogen) atoms. The van der Waals surface area contributed by atoms with Gasteiger partial charge < -0.3 is 10.1 Å². The van der Waals surface area contributed by atoms with Crippen molar-refractivity contribution in [3.05, 3.63) is 17.5 Å². The molecule has 0 aliphatic heterocycles. The van der Waals surface area contributed by atoms with Crippen LogP contribution in [0.3, 0.4) is 0 Å². The van der Waals surface area contributed by atoms with Crippen molar-refractivity contribution < 1.29 is 4.74 Å². The second-order valence-corrected chi connectivity index (χ2v) is 4.32. The molecule has 0 bridgehead atoms. The largest absolute Gasteiger partial charge is 0.381 e. The number of hydrogen-bond donors (Lipinski definition) is 1. The average Bonchev–Trinajstić information content (AvgIpc) is 2.43. The molecule has 4 heteroatoms. The summed E-state index contributed by atoms with van der Waals surface area (Å²) in [4.78, 5) is 0. The summed E-state index contributed by atoms with van der Waals surface area (Å²) < 4.78 is 7.11. The number of rotatable bonds is 4. The van der Waals surface area contributed by atoms with Crippen LogP contribution >= 0.6 is 0 Å². The fourth-order valence-electron chi connectivity index (χ4n) is 2.00. The zero-order valence-electron chi connectivity index (χ0n) is 9.66. The van der Waals surface area contributed by atoms with Crippen molar-refractivity contribution in [1.29, 1.82) is 0 Å². The molecule has 0 spiro atoms. The monoisotopic (exact) mass is 209 g/mol. The predicted molar refractivity (Wildman–Crippen MR) is 58.6 cm³/mol. The van der Waals surface area contributed by atoms with Crippen LogP contribution in [0, 0.1) is 6.92 Å². The Morgan fingerprint density at radius 3 is 2.87 bits per heavy atom. The molecule has 1 N–H and O–H groups in total. The summed E-state index contributed by atoms with van der Waals surface area (Å²) in [6.07, 6.45) is 4.82. The first kappa shape index (κ1) is 10.6. The minimum absolute atomic E-state index is 0.470. The molecular formula is C11H19N3O. The molecular weight excluding hydrogens is 190 g/mol. The highest BCUT2D eigenvalue weighted by Crippen LogP contribution is 2.22. The molecule has 1 aliphatic carbocycles. The van der Waals surface area contributed by atoms with E-state index in [0.717, 1.165) is 25.1 Å². The zero-order valence-corrected chi connectivity index (χ0v) is 9.66. The van der Waals surface area contributed by atoms with Crippen LogP contribution in [0.2, 0.25) is 0 Å². The summed E-state index contributed by atoms with van der Waals surface area (Å²) in [7, 11) is 3.74. The van der Waals surface area contributed by atoms with Crippen molar-refractivity contribution in [3.8, 4) is 0 Å². The fourth-order valence-corrected chi connectivity index (χ4v) is 2.00. The topological polar surface area (TPSA) is 39.1 Å². The maximum absolute atomic E-state index is 5.24. The molecule has 0 radical (unpaired) electrons. The highest BCUT2D eigenvalue weighted by Gasteiger charge is 2.28. The van der Waals surface area contributed by atoms with E-state index in [1.165, 1.54) is 5.56 Å². The van der Waals surface area contributed by atoms with Gasteiger partial charge in [0.05, 0.1) is 11.8 Å². The first-order valence-electron chi connectivity index (χ1n) is 5.44. The van der Waals surface area contributed by atoms with Crippen molar-refractivity contribution in [2.45, 2.75) is 38.5 Å². The van der Waals surface area contributed by atoms with Crippen LogP contribution in [-0.2, 0) is 18.3 Å². The van der Waals surface area contributed by atoms with E-state index >= 15 is 0 Å². The third-order valence-electron chi connectivity index (χ3n) is 3.12. The molecule has 1 fully saturated rings. The molecule has 0 aromatic carbocycles. The van der Waals surface area contributed by atoms with Crippen molar-refractivity contribution in [2.75, 3.05) is 7.11 Å². The summed E-state index contributed by atoms with van der Waals surface area (Å²) >= 11 is 0. The summed E-state index contributed by atoms with van der Waals surface area (Å²) in [6, 6.07) is 0.620. The molecule has 1 aromatic heterocycles. The zero-order chi connectivity index (χ0) is 10.8. The number of nitrogens with zero attached hydrogens (tertiary/aromatic N) is 2. The Balaban J connectivity index is 1.77. The van der Waals surface area contributed by atoms with Gasteiger partial charge in [0.25, 0.3) is 0 Å². The molecule has 1 heterocycles. The number of aryl methyl sites for hydroxylation is 2. The molecule has 1 aromatic rings. The van der Waals surface area contributed by atoms with Crippen LogP contribution in [0.25, 0.3) is 0 Å². The first-order valence-corrected chi connectivity index (χ1v) is 5.44. The fraction of sp³-hybridized carbons (Fsp3) is 0.727. The van der Waals surface area contributed by atoms with Gasteiger partial charge in [-0.25, -0.2) is 0 Å². The normalized spacial score (nSPS) is 25.3. The van der Waals surface area contributed by atoms with E-state index in [2.05, 4.69) is 23.5 Å². The highest BCUT2D eigenvalue weighted by atomic mass is 16.5. The van der Waals surface area contributed by atoms with Crippen molar-refractivity contribution >= 4 is 0 Å². The van der Waals surface area contributed by atoms with Crippen LogP contribution in [-0.4, -0.2) is 29.0 Å². The van der Waals surface area contributed by atoms with Gasteiger partial charge in [0, 0.05) is 38.5 Å². The Labute approximate surface area is 90.6 Å². The van der Waals surface area contributed by atoms with E-state index in [-0.39, 0.29) is 0 Å². The predicted octanol–water partition coefficient (Wildman–Crippen LogP) is 0.996. The smallest absolute Gasteiger partial charge is 0.0638 e. The molecule has 84 valence electrons. The SMILES string of the molecule is COC1CC(NCc2cn(C)nc2C)C1. The van der Waals surface area contributed by atoms with E-state index in [0.29, 0.717) is 12.1 Å². The molecule has 2 rings (SSSR count). The van der Waals surface area contributed by atoms with Gasteiger partial charge in [-0.2, -0.15) is 5.10 Å². The minimum atomic E-state index is 0.470. The lowest BCUT2D eigenvalue weighted by molar-refractivity contribution is 0.0170. The molecule has 4 nitrogen and oxygen atoms in total. The van der Waals surface area contributed by atoms with E-state index in [1.54, 1.807) is 7.11 Å². The van der Waals surface area contributed by atoms with Crippen molar-refractivity contribution in [3.63, 3.8) is 0 Å². The van der Waals surface area contributed by atoms with Gasteiger partial charge in [-0.05, 0) is 19.8 Å². The van der Waals surface area contributed by atoms with Crippen molar-refractivity contribution in [2.24, 2.45) is 7.05 Å². The molecule has 1 saturated carbocycles. The molecule has 1 aliphatic rings. The van der Waals surface area contributed by atoms with Crippen LogP contribution in [0.1, 0.15) is 24.1 Å². The molecule has 0 unspecified atom stereocenters. The summed E-state index contributed by atoms with van der Waals surface area (Å²) in [5.74, 6) is 0. The van der Waals surface area contributed by atoms with Crippen LogP contribution in [0.5, 0.6) is 0 Å². The Morgan fingerprint density at radius 2 is 2.33 bits per heavy atom. The standard InChI is InChI=1S/C11H19N3O/c1-8-9(7-14(2)13-8)6-12-10-4-11(5-10)15-3/h7,10-12H,4-6H2,1-3H3. The third-order valence-corrected chi connectivity index (χ3v) is 3.12. The van der Waals surface area contributed by atoms with Gasteiger partial charge in [0.15, 0.2) is 0 Å². The number of ether oxygens (including phenoxy) is 1. The summed E-state index contributed by atoms with van der Waals surface area (Å²) in [5.41, 5.74) is 2.41. The van der Waals surface area contributed by atoms with Crippen LogP contribution in [0.4, 0.5) is 0 Å². The second kappa shape index (κ2) is 4.33. The number of methoxy groups -OCH3 is 1.